The minimum Gasteiger partial charge on any atom is -0.351 e. The number of nitrogens with one attached hydrogen (secondary N) is 1. The highest BCUT2D eigenvalue weighted by atomic mass is 16.5. The summed E-state index contributed by atoms with van der Waals surface area (Å²) in [6, 6.07) is 1.72. The van der Waals surface area contributed by atoms with Crippen LogP contribution in [0.4, 0.5) is 0 Å². The number of rotatable bonds is 5. The second kappa shape index (κ2) is 4.72. The topological polar surface area (TPSA) is 73.0 Å². The van der Waals surface area contributed by atoms with E-state index in [4.69, 9.17) is 4.52 Å². The van der Waals surface area contributed by atoms with Gasteiger partial charge in [0.2, 0.25) is 5.76 Å². The maximum atomic E-state index is 12.4. The first-order chi connectivity index (χ1) is 10.2. The van der Waals surface area contributed by atoms with Gasteiger partial charge in [-0.2, -0.15) is 0 Å². The quantitative estimate of drug-likeness (QED) is 0.914. The first-order valence-electron chi connectivity index (χ1n) is 7.47. The van der Waals surface area contributed by atoms with Crippen molar-refractivity contribution in [1.82, 2.24) is 20.0 Å². The SMILES string of the molecule is Cn1ccnc1C(NC(=O)c1cc(C2CC2)no1)C1CC1. The van der Waals surface area contributed by atoms with Crippen molar-refractivity contribution < 1.29 is 9.32 Å². The smallest absolute Gasteiger partial charge is 0.290 e. The Morgan fingerprint density at radius 2 is 2.24 bits per heavy atom. The van der Waals surface area contributed by atoms with E-state index in [-0.39, 0.29) is 11.9 Å². The molecule has 0 aromatic carbocycles. The van der Waals surface area contributed by atoms with Gasteiger partial charge in [0, 0.05) is 31.4 Å². The molecule has 1 N–H and O–H groups in total. The summed E-state index contributed by atoms with van der Waals surface area (Å²) < 4.78 is 7.14. The minimum absolute atomic E-state index is 0.0491. The molecule has 110 valence electrons. The number of carbonyl (C=O) groups is 1. The molecule has 1 atom stereocenters. The summed E-state index contributed by atoms with van der Waals surface area (Å²) in [5, 5.41) is 7.05. The van der Waals surface area contributed by atoms with Crippen LogP contribution in [-0.2, 0) is 7.05 Å². The Balaban J connectivity index is 1.52. The van der Waals surface area contributed by atoms with Crippen molar-refractivity contribution in [2.75, 3.05) is 0 Å². The van der Waals surface area contributed by atoms with Crippen LogP contribution >= 0.6 is 0 Å². The molecule has 6 heteroatoms. The van der Waals surface area contributed by atoms with Gasteiger partial charge in [-0.1, -0.05) is 5.16 Å². The molecule has 2 fully saturated rings. The molecule has 0 bridgehead atoms. The Morgan fingerprint density at radius 1 is 1.43 bits per heavy atom. The molecule has 0 radical (unpaired) electrons. The van der Waals surface area contributed by atoms with Crippen LogP contribution in [0.2, 0.25) is 0 Å². The lowest BCUT2D eigenvalue weighted by Gasteiger charge is -2.17. The number of aryl methyl sites for hydroxylation is 1. The highest BCUT2D eigenvalue weighted by Gasteiger charge is 2.36. The van der Waals surface area contributed by atoms with E-state index in [9.17, 15) is 4.79 Å². The molecule has 21 heavy (non-hydrogen) atoms. The van der Waals surface area contributed by atoms with Gasteiger partial charge in [-0.15, -0.1) is 0 Å². The lowest BCUT2D eigenvalue weighted by Crippen LogP contribution is -2.31. The number of aromatic nitrogens is 3. The third kappa shape index (κ3) is 2.46. The Labute approximate surface area is 122 Å². The lowest BCUT2D eigenvalue weighted by atomic mass is 10.1. The van der Waals surface area contributed by atoms with Gasteiger partial charge in [0.15, 0.2) is 0 Å². The van der Waals surface area contributed by atoms with Crippen molar-refractivity contribution in [3.63, 3.8) is 0 Å². The standard InChI is InChI=1S/C15H18N4O2/c1-19-7-6-16-14(19)13(10-4-5-10)17-15(20)12-8-11(18-21-12)9-2-3-9/h6-10,13H,2-5H2,1H3,(H,17,20). The molecule has 2 aliphatic rings. The number of hydrogen-bond donors (Lipinski definition) is 1. The molecule has 2 aromatic rings. The molecule has 0 spiro atoms. The second-order valence-electron chi connectivity index (χ2n) is 6.08. The average molecular weight is 286 g/mol. The van der Waals surface area contributed by atoms with Crippen molar-refractivity contribution in [3.8, 4) is 0 Å². The van der Waals surface area contributed by atoms with Gasteiger partial charge >= 0.3 is 0 Å². The number of nitrogens with zero attached hydrogens (tertiary/aromatic N) is 3. The van der Waals surface area contributed by atoms with E-state index in [2.05, 4.69) is 15.5 Å². The Kier molecular flexibility index (Phi) is 2.83. The van der Waals surface area contributed by atoms with Crippen molar-refractivity contribution in [1.29, 1.82) is 0 Å². The summed E-state index contributed by atoms with van der Waals surface area (Å²) in [7, 11) is 1.95. The summed E-state index contributed by atoms with van der Waals surface area (Å²) in [4.78, 5) is 16.7. The van der Waals surface area contributed by atoms with E-state index in [0.29, 0.717) is 17.6 Å². The van der Waals surface area contributed by atoms with Gasteiger partial charge in [-0.3, -0.25) is 4.79 Å². The zero-order chi connectivity index (χ0) is 14.4. The summed E-state index contributed by atoms with van der Waals surface area (Å²) >= 11 is 0. The van der Waals surface area contributed by atoms with E-state index in [1.807, 2.05) is 17.8 Å². The molecular formula is C15H18N4O2. The maximum absolute atomic E-state index is 12.4. The van der Waals surface area contributed by atoms with Crippen LogP contribution in [0.25, 0.3) is 0 Å². The van der Waals surface area contributed by atoms with E-state index >= 15 is 0 Å². The fraction of sp³-hybridized carbons (Fsp3) is 0.533. The number of carbonyl (C=O) groups excluding carboxylic acids is 1. The van der Waals surface area contributed by atoms with Crippen molar-refractivity contribution in [2.45, 2.75) is 37.6 Å². The number of imidazole rings is 1. The van der Waals surface area contributed by atoms with Crippen LogP contribution < -0.4 is 5.32 Å². The Hall–Kier alpha value is -2.11. The van der Waals surface area contributed by atoms with Crippen LogP contribution in [0.15, 0.2) is 23.0 Å². The molecule has 0 saturated heterocycles. The molecule has 2 aliphatic carbocycles. The van der Waals surface area contributed by atoms with Crippen LogP contribution in [-0.4, -0.2) is 20.6 Å². The molecule has 2 heterocycles. The lowest BCUT2D eigenvalue weighted by molar-refractivity contribution is 0.0891. The summed E-state index contributed by atoms with van der Waals surface area (Å²) in [6.07, 6.45) is 8.20. The first kappa shape index (κ1) is 12.6. The normalized spacial score (nSPS) is 19.5. The number of amides is 1. The van der Waals surface area contributed by atoms with Gasteiger partial charge in [-0.25, -0.2) is 4.98 Å². The second-order valence-corrected chi connectivity index (χ2v) is 6.08. The number of hydrogen-bond acceptors (Lipinski definition) is 4. The van der Waals surface area contributed by atoms with Crippen molar-refractivity contribution in [3.05, 3.63) is 35.7 Å². The predicted molar refractivity (Wildman–Crippen MR) is 74.6 cm³/mol. The zero-order valence-electron chi connectivity index (χ0n) is 12.0. The predicted octanol–water partition coefficient (Wildman–Crippen LogP) is 2.17. The van der Waals surface area contributed by atoms with E-state index < -0.39 is 0 Å². The highest BCUT2D eigenvalue weighted by Crippen LogP contribution is 2.41. The molecule has 2 aromatic heterocycles. The summed E-state index contributed by atoms with van der Waals surface area (Å²) in [5.41, 5.74) is 0.903. The van der Waals surface area contributed by atoms with Gasteiger partial charge in [0.1, 0.15) is 5.82 Å². The van der Waals surface area contributed by atoms with Crippen molar-refractivity contribution in [2.24, 2.45) is 13.0 Å². The van der Waals surface area contributed by atoms with Gasteiger partial charge in [0.05, 0.1) is 11.7 Å². The Morgan fingerprint density at radius 3 is 2.86 bits per heavy atom. The van der Waals surface area contributed by atoms with Crippen LogP contribution in [0.5, 0.6) is 0 Å². The molecule has 6 nitrogen and oxygen atoms in total. The minimum atomic E-state index is -0.200. The van der Waals surface area contributed by atoms with E-state index in [0.717, 1.165) is 37.2 Å². The zero-order valence-corrected chi connectivity index (χ0v) is 12.0. The molecule has 1 amide bonds. The Bertz CT molecular complexity index is 667. The van der Waals surface area contributed by atoms with Gasteiger partial charge in [0.25, 0.3) is 5.91 Å². The fourth-order valence-electron chi connectivity index (χ4n) is 2.68. The first-order valence-corrected chi connectivity index (χ1v) is 7.47. The van der Waals surface area contributed by atoms with Crippen LogP contribution in [0.3, 0.4) is 0 Å². The summed E-state index contributed by atoms with van der Waals surface area (Å²) in [6.45, 7) is 0. The molecular weight excluding hydrogens is 268 g/mol. The third-order valence-corrected chi connectivity index (χ3v) is 4.26. The van der Waals surface area contributed by atoms with E-state index in [1.165, 1.54) is 0 Å². The third-order valence-electron chi connectivity index (χ3n) is 4.26. The molecule has 2 saturated carbocycles. The fourth-order valence-corrected chi connectivity index (χ4v) is 2.68. The van der Waals surface area contributed by atoms with Gasteiger partial charge < -0.3 is 14.4 Å². The van der Waals surface area contributed by atoms with Crippen LogP contribution in [0.1, 0.15) is 59.7 Å². The largest absolute Gasteiger partial charge is 0.351 e. The van der Waals surface area contributed by atoms with E-state index in [1.54, 1.807) is 12.3 Å². The van der Waals surface area contributed by atoms with Gasteiger partial charge in [-0.05, 0) is 31.6 Å². The monoisotopic (exact) mass is 286 g/mol. The average Bonchev–Trinajstić information content (AvgIpc) is 3.40. The summed E-state index contributed by atoms with van der Waals surface area (Å²) in [5.74, 6) is 1.96. The highest BCUT2D eigenvalue weighted by molar-refractivity contribution is 5.91. The van der Waals surface area contributed by atoms with Crippen LogP contribution in [0, 0.1) is 5.92 Å². The maximum Gasteiger partial charge on any atom is 0.290 e. The molecule has 0 aliphatic heterocycles. The molecule has 4 rings (SSSR count). The molecule has 1 unspecified atom stereocenters. The van der Waals surface area contributed by atoms with Crippen molar-refractivity contribution >= 4 is 5.91 Å².